The first-order chi connectivity index (χ1) is 12.6. The summed E-state index contributed by atoms with van der Waals surface area (Å²) in [5.41, 5.74) is 1.26. The Morgan fingerprint density at radius 2 is 2.00 bits per heavy atom. The Hall–Kier alpha value is -1.50. The van der Waals surface area contributed by atoms with E-state index in [1.165, 1.54) is 0 Å². The van der Waals surface area contributed by atoms with E-state index in [9.17, 15) is 4.79 Å². The SMILES string of the molecule is COCCOc1ccc(C(C)NC(=O)C2CC23CCNCC3)cc1OC.Cl. The summed E-state index contributed by atoms with van der Waals surface area (Å²) < 4.78 is 16.1. The van der Waals surface area contributed by atoms with E-state index in [1.807, 2.05) is 25.1 Å². The van der Waals surface area contributed by atoms with Crippen LogP contribution in [0, 0.1) is 11.3 Å². The summed E-state index contributed by atoms with van der Waals surface area (Å²) >= 11 is 0. The standard InChI is InChI=1S/C20H30N2O4.ClH/c1-14(22-19(23)16-13-20(16)6-8-21-9-7-20)15-4-5-17(18(12-15)25-3)26-11-10-24-2;/h4-5,12,14,16,21H,6-11,13H2,1-3H3,(H,22,23);1H. The van der Waals surface area contributed by atoms with Crippen LogP contribution in [0.3, 0.4) is 0 Å². The molecule has 1 aromatic rings. The molecule has 27 heavy (non-hydrogen) atoms. The largest absolute Gasteiger partial charge is 0.493 e. The van der Waals surface area contributed by atoms with Gasteiger partial charge in [-0.15, -0.1) is 12.4 Å². The molecule has 7 heteroatoms. The first-order valence-electron chi connectivity index (χ1n) is 9.40. The normalized spacial score (nSPS) is 21.1. The Morgan fingerprint density at radius 1 is 1.26 bits per heavy atom. The molecule has 2 atom stereocenters. The molecule has 2 unspecified atom stereocenters. The fraction of sp³-hybridized carbons (Fsp3) is 0.650. The zero-order chi connectivity index (χ0) is 18.6. The molecular weight excluding hydrogens is 368 g/mol. The first kappa shape index (κ1) is 21.8. The van der Waals surface area contributed by atoms with Crippen molar-refractivity contribution in [2.24, 2.45) is 11.3 Å². The van der Waals surface area contributed by atoms with E-state index in [0.717, 1.165) is 37.9 Å². The average Bonchev–Trinajstić information content (AvgIpc) is 3.35. The predicted octanol–water partition coefficient (Wildman–Crippen LogP) is 2.71. The maximum absolute atomic E-state index is 12.7. The van der Waals surface area contributed by atoms with E-state index < -0.39 is 0 Å². The van der Waals surface area contributed by atoms with Crippen molar-refractivity contribution in [3.63, 3.8) is 0 Å². The van der Waals surface area contributed by atoms with Gasteiger partial charge in [-0.2, -0.15) is 0 Å². The molecule has 1 amide bonds. The summed E-state index contributed by atoms with van der Waals surface area (Å²) in [4.78, 5) is 12.7. The Kier molecular flexibility index (Phi) is 7.77. The molecule has 1 spiro atoms. The third kappa shape index (κ3) is 5.06. The average molecular weight is 399 g/mol. The molecule has 152 valence electrons. The fourth-order valence-corrected chi connectivity index (χ4v) is 3.90. The van der Waals surface area contributed by atoms with Gasteiger partial charge in [-0.25, -0.2) is 0 Å². The van der Waals surface area contributed by atoms with Gasteiger partial charge in [-0.05, 0) is 62.4 Å². The molecule has 1 heterocycles. The molecule has 1 aliphatic carbocycles. The van der Waals surface area contributed by atoms with Crippen LogP contribution in [0.4, 0.5) is 0 Å². The minimum absolute atomic E-state index is 0. The second-order valence-corrected chi connectivity index (χ2v) is 7.35. The van der Waals surface area contributed by atoms with Crippen molar-refractivity contribution in [1.29, 1.82) is 0 Å². The van der Waals surface area contributed by atoms with Crippen molar-refractivity contribution in [1.82, 2.24) is 10.6 Å². The number of methoxy groups -OCH3 is 2. The second-order valence-electron chi connectivity index (χ2n) is 7.35. The van der Waals surface area contributed by atoms with E-state index in [-0.39, 0.29) is 35.7 Å². The maximum atomic E-state index is 12.7. The fourth-order valence-electron chi connectivity index (χ4n) is 3.90. The summed E-state index contributed by atoms with van der Waals surface area (Å²) in [6.07, 6.45) is 3.25. The molecule has 3 rings (SSSR count). The highest BCUT2D eigenvalue weighted by atomic mass is 35.5. The lowest BCUT2D eigenvalue weighted by Crippen LogP contribution is -2.34. The molecule has 0 aromatic heterocycles. The van der Waals surface area contributed by atoms with Gasteiger partial charge < -0.3 is 24.8 Å². The van der Waals surface area contributed by atoms with Crippen LogP contribution >= 0.6 is 12.4 Å². The minimum atomic E-state index is -0.0659. The van der Waals surface area contributed by atoms with Crippen LogP contribution in [0.2, 0.25) is 0 Å². The molecular formula is C20H31ClN2O4. The van der Waals surface area contributed by atoms with Gasteiger partial charge in [0.2, 0.25) is 5.91 Å². The minimum Gasteiger partial charge on any atom is -0.493 e. The van der Waals surface area contributed by atoms with Crippen LogP contribution in [-0.2, 0) is 9.53 Å². The Morgan fingerprint density at radius 3 is 2.67 bits per heavy atom. The van der Waals surface area contributed by atoms with Crippen molar-refractivity contribution in [2.45, 2.75) is 32.2 Å². The molecule has 0 bridgehead atoms. The molecule has 1 saturated heterocycles. The van der Waals surface area contributed by atoms with E-state index in [2.05, 4.69) is 10.6 Å². The van der Waals surface area contributed by atoms with E-state index in [4.69, 9.17) is 14.2 Å². The number of benzene rings is 1. The number of hydrogen-bond acceptors (Lipinski definition) is 5. The van der Waals surface area contributed by atoms with Crippen LogP contribution in [0.25, 0.3) is 0 Å². The highest BCUT2D eigenvalue weighted by Gasteiger charge is 2.57. The van der Waals surface area contributed by atoms with Crippen LogP contribution < -0.4 is 20.1 Å². The molecule has 1 aliphatic heterocycles. The number of carbonyl (C=O) groups excluding carboxylic acids is 1. The van der Waals surface area contributed by atoms with Gasteiger partial charge in [0.05, 0.1) is 19.8 Å². The highest BCUT2D eigenvalue weighted by Crippen LogP contribution is 2.58. The van der Waals surface area contributed by atoms with Gasteiger partial charge in [-0.3, -0.25) is 4.79 Å². The monoisotopic (exact) mass is 398 g/mol. The van der Waals surface area contributed by atoms with Gasteiger partial charge in [0, 0.05) is 13.0 Å². The second kappa shape index (κ2) is 9.62. The molecule has 2 fully saturated rings. The topological polar surface area (TPSA) is 68.8 Å². The summed E-state index contributed by atoms with van der Waals surface area (Å²) in [7, 11) is 3.26. The molecule has 2 N–H and O–H groups in total. The maximum Gasteiger partial charge on any atom is 0.224 e. The number of rotatable bonds is 8. The van der Waals surface area contributed by atoms with E-state index >= 15 is 0 Å². The zero-order valence-electron chi connectivity index (χ0n) is 16.4. The van der Waals surface area contributed by atoms with Crippen LogP contribution in [0.1, 0.15) is 37.8 Å². The van der Waals surface area contributed by atoms with Crippen molar-refractivity contribution in [2.75, 3.05) is 40.5 Å². The highest BCUT2D eigenvalue weighted by molar-refractivity contribution is 5.85. The van der Waals surface area contributed by atoms with Gasteiger partial charge in [-0.1, -0.05) is 6.07 Å². The lowest BCUT2D eigenvalue weighted by atomic mass is 9.91. The first-order valence-corrected chi connectivity index (χ1v) is 9.40. The van der Waals surface area contributed by atoms with Crippen LogP contribution in [0.15, 0.2) is 18.2 Å². The van der Waals surface area contributed by atoms with E-state index in [0.29, 0.717) is 24.7 Å². The Bertz CT molecular complexity index is 634. The van der Waals surface area contributed by atoms with Gasteiger partial charge in [0.1, 0.15) is 6.61 Å². The number of carbonyl (C=O) groups is 1. The number of piperidine rings is 1. The number of ether oxygens (including phenoxy) is 3. The van der Waals surface area contributed by atoms with Crippen molar-refractivity contribution in [3.05, 3.63) is 23.8 Å². The smallest absolute Gasteiger partial charge is 0.224 e. The Labute approximate surface area is 167 Å². The molecule has 1 saturated carbocycles. The molecule has 0 radical (unpaired) electrons. The molecule has 6 nitrogen and oxygen atoms in total. The number of nitrogens with one attached hydrogen (secondary N) is 2. The third-order valence-electron chi connectivity index (χ3n) is 5.70. The number of hydrogen-bond donors (Lipinski definition) is 2. The Balaban J connectivity index is 0.00000261. The van der Waals surface area contributed by atoms with Gasteiger partial charge in [0.25, 0.3) is 0 Å². The van der Waals surface area contributed by atoms with Crippen LogP contribution in [-0.4, -0.2) is 46.4 Å². The van der Waals surface area contributed by atoms with Crippen LogP contribution in [0.5, 0.6) is 11.5 Å². The van der Waals surface area contributed by atoms with Crippen molar-refractivity contribution >= 4 is 18.3 Å². The number of halogens is 1. The number of amides is 1. The molecule has 2 aliphatic rings. The zero-order valence-corrected chi connectivity index (χ0v) is 17.2. The summed E-state index contributed by atoms with van der Waals surface area (Å²) in [5, 5.41) is 6.55. The van der Waals surface area contributed by atoms with Crippen molar-refractivity contribution < 1.29 is 19.0 Å². The molecule has 1 aromatic carbocycles. The summed E-state index contributed by atoms with van der Waals surface area (Å²) in [6.45, 7) is 5.06. The predicted molar refractivity (Wildman–Crippen MR) is 107 cm³/mol. The van der Waals surface area contributed by atoms with Crippen molar-refractivity contribution in [3.8, 4) is 11.5 Å². The lowest BCUT2D eigenvalue weighted by molar-refractivity contribution is -0.123. The van der Waals surface area contributed by atoms with Gasteiger partial charge in [0.15, 0.2) is 11.5 Å². The quantitative estimate of drug-likeness (QED) is 0.659. The third-order valence-corrected chi connectivity index (χ3v) is 5.70. The lowest BCUT2D eigenvalue weighted by Gasteiger charge is -2.24. The summed E-state index contributed by atoms with van der Waals surface area (Å²) in [5.74, 6) is 1.70. The van der Waals surface area contributed by atoms with E-state index in [1.54, 1.807) is 14.2 Å². The summed E-state index contributed by atoms with van der Waals surface area (Å²) in [6, 6.07) is 5.73. The van der Waals surface area contributed by atoms with Gasteiger partial charge >= 0.3 is 0 Å².